The Kier molecular flexibility index (Phi) is 56.3. The molecule has 0 heterocycles. The second kappa shape index (κ2) is 58.1. The molecule has 0 radical (unpaired) electrons. The standard InChI is InChI=1S/C63H115NO3/c1-3-5-7-9-11-13-15-17-19-21-23-25-27-29-30-31-32-33-34-35-37-39-41-43-45-47-49-51-53-55-57-59-63(67)64-61(60-65)62(66)58-56-54-52-50-48-46-44-42-40-38-36-28-26-24-22-20-18-16-14-12-10-8-6-4-2/h5,7,11,13,17,19,23,25,29-30,32-33,61-62,65-66H,3-4,6,8-10,12,14-16,18,20-22,24,26-28,31,34-60H2,1-2H3,(H,64,67)/b7-5-,13-11-,19-17-,25-23-,30-29-,33-32-. The van der Waals surface area contributed by atoms with E-state index in [1.165, 1.54) is 212 Å². The number of allylic oxidation sites excluding steroid dienone is 12. The molecule has 0 aromatic heterocycles. The van der Waals surface area contributed by atoms with Crippen LogP contribution in [-0.2, 0) is 4.79 Å². The van der Waals surface area contributed by atoms with Crippen molar-refractivity contribution in [3.8, 4) is 0 Å². The summed E-state index contributed by atoms with van der Waals surface area (Å²) in [6.07, 6.45) is 83.2. The Morgan fingerprint density at radius 3 is 0.985 bits per heavy atom. The highest BCUT2D eigenvalue weighted by Gasteiger charge is 2.20. The number of carbonyl (C=O) groups excluding carboxylic acids is 1. The zero-order valence-electron chi connectivity index (χ0n) is 44.9. The molecule has 0 saturated heterocycles. The van der Waals surface area contributed by atoms with Gasteiger partial charge in [-0.15, -0.1) is 0 Å². The van der Waals surface area contributed by atoms with Gasteiger partial charge in [0.05, 0.1) is 18.8 Å². The number of unbranched alkanes of at least 4 members (excludes halogenated alkanes) is 35. The molecule has 0 rings (SSSR count). The number of aliphatic hydroxyl groups is 2. The van der Waals surface area contributed by atoms with Crippen molar-refractivity contribution in [2.75, 3.05) is 6.61 Å². The first-order valence-electron chi connectivity index (χ1n) is 29.6. The fraction of sp³-hybridized carbons (Fsp3) is 0.794. The number of rotatable bonds is 54. The van der Waals surface area contributed by atoms with Gasteiger partial charge < -0.3 is 15.5 Å². The second-order valence-electron chi connectivity index (χ2n) is 20.0. The zero-order valence-corrected chi connectivity index (χ0v) is 44.9. The quantitative estimate of drug-likeness (QED) is 0.0420. The third-order valence-corrected chi connectivity index (χ3v) is 13.5. The zero-order chi connectivity index (χ0) is 48.5. The normalized spacial score (nSPS) is 13.3. The van der Waals surface area contributed by atoms with Crippen molar-refractivity contribution >= 4 is 5.91 Å². The molecular formula is C63H115NO3. The highest BCUT2D eigenvalue weighted by Crippen LogP contribution is 2.18. The SMILES string of the molecule is CC/C=C\C/C=C\C/C=C\C/C=C\C/C=C\C/C=C\CCCCCCCCCCCCCCC(=O)NC(CO)C(O)CCCCCCCCCCCCCCCCCCCCCCCCCC. The van der Waals surface area contributed by atoms with Crippen LogP contribution in [0.2, 0.25) is 0 Å². The van der Waals surface area contributed by atoms with Crippen molar-refractivity contribution in [2.24, 2.45) is 0 Å². The molecular weight excluding hydrogens is 819 g/mol. The Balaban J connectivity index is 3.49. The van der Waals surface area contributed by atoms with Crippen LogP contribution in [0.25, 0.3) is 0 Å². The summed E-state index contributed by atoms with van der Waals surface area (Å²) in [5.74, 6) is -0.0324. The minimum absolute atomic E-state index is 0.0324. The molecule has 0 bridgehead atoms. The van der Waals surface area contributed by atoms with Crippen molar-refractivity contribution in [3.05, 3.63) is 72.9 Å². The lowest BCUT2D eigenvalue weighted by atomic mass is 10.0. The Morgan fingerprint density at radius 1 is 0.373 bits per heavy atom. The predicted molar refractivity (Wildman–Crippen MR) is 299 cm³/mol. The maximum atomic E-state index is 12.5. The van der Waals surface area contributed by atoms with Crippen molar-refractivity contribution in [1.82, 2.24) is 5.32 Å². The van der Waals surface area contributed by atoms with Gasteiger partial charge >= 0.3 is 0 Å². The summed E-state index contributed by atoms with van der Waals surface area (Å²) in [6.45, 7) is 4.27. The summed E-state index contributed by atoms with van der Waals surface area (Å²) < 4.78 is 0. The van der Waals surface area contributed by atoms with Gasteiger partial charge in [0.2, 0.25) is 5.91 Å². The summed E-state index contributed by atoms with van der Waals surface area (Å²) in [5, 5.41) is 23.4. The lowest BCUT2D eigenvalue weighted by Crippen LogP contribution is -2.45. The molecule has 0 aliphatic rings. The summed E-state index contributed by atoms with van der Waals surface area (Å²) >= 11 is 0. The average molecular weight is 935 g/mol. The van der Waals surface area contributed by atoms with Crippen molar-refractivity contribution < 1.29 is 15.0 Å². The Labute approximate surface area is 419 Å². The Morgan fingerprint density at radius 2 is 0.657 bits per heavy atom. The van der Waals surface area contributed by atoms with Crippen LogP contribution in [0.3, 0.4) is 0 Å². The van der Waals surface area contributed by atoms with Gasteiger partial charge in [0, 0.05) is 6.42 Å². The highest BCUT2D eigenvalue weighted by atomic mass is 16.3. The minimum atomic E-state index is -0.665. The van der Waals surface area contributed by atoms with Gasteiger partial charge in [-0.05, 0) is 64.2 Å². The fourth-order valence-electron chi connectivity index (χ4n) is 9.01. The largest absolute Gasteiger partial charge is 0.394 e. The molecule has 1 amide bonds. The van der Waals surface area contributed by atoms with Crippen LogP contribution in [0.1, 0.15) is 303 Å². The highest BCUT2D eigenvalue weighted by molar-refractivity contribution is 5.76. The van der Waals surface area contributed by atoms with Crippen LogP contribution < -0.4 is 5.32 Å². The number of nitrogens with one attached hydrogen (secondary N) is 1. The predicted octanol–water partition coefficient (Wildman–Crippen LogP) is 19.8. The first kappa shape index (κ1) is 64.8. The molecule has 4 heteroatoms. The van der Waals surface area contributed by atoms with E-state index in [-0.39, 0.29) is 12.5 Å². The summed E-state index contributed by atoms with van der Waals surface area (Å²) in [5.41, 5.74) is 0. The topological polar surface area (TPSA) is 69.6 Å². The Bertz CT molecular complexity index is 1150. The van der Waals surface area contributed by atoms with Crippen molar-refractivity contribution in [1.29, 1.82) is 0 Å². The van der Waals surface area contributed by atoms with Crippen LogP contribution in [-0.4, -0.2) is 34.9 Å². The van der Waals surface area contributed by atoms with Crippen LogP contribution in [0, 0.1) is 0 Å². The van der Waals surface area contributed by atoms with Gasteiger partial charge in [0.1, 0.15) is 0 Å². The van der Waals surface area contributed by atoms with E-state index < -0.39 is 12.1 Å². The molecule has 390 valence electrons. The van der Waals surface area contributed by atoms with E-state index in [9.17, 15) is 15.0 Å². The van der Waals surface area contributed by atoms with Gasteiger partial charge in [-0.25, -0.2) is 0 Å². The molecule has 4 nitrogen and oxygen atoms in total. The van der Waals surface area contributed by atoms with Crippen molar-refractivity contribution in [3.63, 3.8) is 0 Å². The number of hydrogen-bond donors (Lipinski definition) is 3. The van der Waals surface area contributed by atoms with Gasteiger partial charge in [0.25, 0.3) is 0 Å². The van der Waals surface area contributed by atoms with Crippen molar-refractivity contribution in [2.45, 2.75) is 315 Å². The average Bonchev–Trinajstić information content (AvgIpc) is 3.33. The first-order chi connectivity index (χ1) is 33.2. The summed E-state index contributed by atoms with van der Waals surface area (Å²) in [4.78, 5) is 12.5. The first-order valence-corrected chi connectivity index (χ1v) is 29.6. The third-order valence-electron chi connectivity index (χ3n) is 13.5. The maximum Gasteiger partial charge on any atom is 0.220 e. The minimum Gasteiger partial charge on any atom is -0.394 e. The molecule has 0 aromatic rings. The van der Waals surface area contributed by atoms with E-state index in [4.69, 9.17) is 0 Å². The fourth-order valence-corrected chi connectivity index (χ4v) is 9.01. The summed E-state index contributed by atoms with van der Waals surface area (Å²) in [7, 11) is 0. The molecule has 2 atom stereocenters. The van der Waals surface area contributed by atoms with E-state index in [1.807, 2.05) is 0 Å². The molecule has 0 aromatic carbocycles. The number of hydrogen-bond acceptors (Lipinski definition) is 3. The monoisotopic (exact) mass is 934 g/mol. The Hall–Kier alpha value is -2.17. The number of amides is 1. The maximum absolute atomic E-state index is 12.5. The van der Waals surface area contributed by atoms with E-state index in [0.29, 0.717) is 12.8 Å². The molecule has 0 aliphatic carbocycles. The van der Waals surface area contributed by atoms with E-state index >= 15 is 0 Å². The lowest BCUT2D eigenvalue weighted by molar-refractivity contribution is -0.123. The molecule has 0 saturated carbocycles. The number of aliphatic hydroxyl groups excluding tert-OH is 2. The molecule has 0 fully saturated rings. The molecule has 2 unspecified atom stereocenters. The van der Waals surface area contributed by atoms with Crippen LogP contribution in [0.5, 0.6) is 0 Å². The van der Waals surface area contributed by atoms with E-state index in [0.717, 1.165) is 64.2 Å². The third kappa shape index (κ3) is 54.6. The van der Waals surface area contributed by atoms with Gasteiger partial charge in [-0.2, -0.15) is 0 Å². The van der Waals surface area contributed by atoms with E-state index in [1.54, 1.807) is 0 Å². The van der Waals surface area contributed by atoms with Gasteiger partial charge in [-0.1, -0.05) is 305 Å². The van der Waals surface area contributed by atoms with E-state index in [2.05, 4.69) is 92.1 Å². The smallest absolute Gasteiger partial charge is 0.220 e. The molecule has 0 spiro atoms. The molecule has 0 aliphatic heterocycles. The van der Waals surface area contributed by atoms with Crippen LogP contribution in [0.15, 0.2) is 72.9 Å². The van der Waals surface area contributed by atoms with Gasteiger partial charge in [-0.3, -0.25) is 4.79 Å². The molecule has 3 N–H and O–H groups in total. The number of carbonyl (C=O) groups is 1. The van der Waals surface area contributed by atoms with Gasteiger partial charge in [0.15, 0.2) is 0 Å². The van der Waals surface area contributed by atoms with Crippen LogP contribution in [0.4, 0.5) is 0 Å². The van der Waals surface area contributed by atoms with Crippen LogP contribution >= 0.6 is 0 Å². The molecule has 67 heavy (non-hydrogen) atoms. The lowest BCUT2D eigenvalue weighted by Gasteiger charge is -2.22. The second-order valence-corrected chi connectivity index (χ2v) is 20.0. The summed E-state index contributed by atoms with van der Waals surface area (Å²) in [6, 6.07) is -0.542.